The molecule has 1 N–H and O–H groups in total. The minimum Gasteiger partial charge on any atom is -0.352 e. The van der Waals surface area contributed by atoms with Crippen LogP contribution in [0, 0.1) is 0 Å². The van der Waals surface area contributed by atoms with Crippen molar-refractivity contribution in [1.82, 2.24) is 10.3 Å². The lowest BCUT2D eigenvalue weighted by Gasteiger charge is -2.02. The summed E-state index contributed by atoms with van der Waals surface area (Å²) in [5.41, 5.74) is 0.624. The molecular formula is C10H14N2O. The van der Waals surface area contributed by atoms with Crippen molar-refractivity contribution in [3.8, 4) is 0 Å². The van der Waals surface area contributed by atoms with Crippen molar-refractivity contribution >= 4 is 5.91 Å². The number of nitrogens with zero attached hydrogens (tertiary/aromatic N) is 1. The van der Waals surface area contributed by atoms with E-state index < -0.39 is 0 Å². The van der Waals surface area contributed by atoms with Crippen LogP contribution < -0.4 is 5.32 Å². The maximum absolute atomic E-state index is 11.4. The normalized spacial score (nSPS) is 9.62. The molecule has 0 atom stereocenters. The summed E-state index contributed by atoms with van der Waals surface area (Å²) in [6.07, 6.45) is 5.34. The van der Waals surface area contributed by atoms with E-state index in [0.717, 1.165) is 19.4 Å². The van der Waals surface area contributed by atoms with Crippen LogP contribution >= 0.6 is 0 Å². The van der Waals surface area contributed by atoms with E-state index in [0.29, 0.717) is 5.56 Å². The average Bonchev–Trinajstić information content (AvgIpc) is 2.19. The molecule has 0 bridgehead atoms. The monoisotopic (exact) mass is 178 g/mol. The molecule has 1 aromatic rings. The van der Waals surface area contributed by atoms with Gasteiger partial charge in [0.25, 0.3) is 5.91 Å². The Balaban J connectivity index is 2.40. The van der Waals surface area contributed by atoms with Crippen LogP contribution in [0.1, 0.15) is 30.1 Å². The smallest absolute Gasteiger partial charge is 0.252 e. The Bertz CT molecular complexity index is 259. The number of carbonyl (C=O) groups excluding carboxylic acids is 1. The van der Waals surface area contributed by atoms with E-state index in [2.05, 4.69) is 17.2 Å². The van der Waals surface area contributed by atoms with Gasteiger partial charge in [0.1, 0.15) is 0 Å². The Morgan fingerprint density at radius 1 is 1.62 bits per heavy atom. The summed E-state index contributed by atoms with van der Waals surface area (Å²) in [5, 5.41) is 2.82. The molecule has 0 unspecified atom stereocenters. The average molecular weight is 178 g/mol. The van der Waals surface area contributed by atoms with E-state index in [-0.39, 0.29) is 5.91 Å². The largest absolute Gasteiger partial charge is 0.352 e. The molecule has 3 heteroatoms. The highest BCUT2D eigenvalue weighted by Gasteiger charge is 2.02. The van der Waals surface area contributed by atoms with E-state index in [1.165, 1.54) is 0 Å². The van der Waals surface area contributed by atoms with Gasteiger partial charge >= 0.3 is 0 Å². The van der Waals surface area contributed by atoms with Gasteiger partial charge in [0.2, 0.25) is 0 Å². The third-order valence-electron chi connectivity index (χ3n) is 1.74. The zero-order valence-corrected chi connectivity index (χ0v) is 7.79. The van der Waals surface area contributed by atoms with E-state index in [1.54, 1.807) is 24.5 Å². The Morgan fingerprint density at radius 2 is 2.46 bits per heavy atom. The second-order valence-electron chi connectivity index (χ2n) is 2.85. The minimum atomic E-state index is -0.0402. The zero-order valence-electron chi connectivity index (χ0n) is 7.79. The molecule has 0 aromatic carbocycles. The number of rotatable bonds is 4. The summed E-state index contributed by atoms with van der Waals surface area (Å²) in [7, 11) is 0. The van der Waals surface area contributed by atoms with Gasteiger partial charge < -0.3 is 5.32 Å². The van der Waals surface area contributed by atoms with E-state index in [4.69, 9.17) is 0 Å². The van der Waals surface area contributed by atoms with Crippen LogP contribution in [0.25, 0.3) is 0 Å². The highest BCUT2D eigenvalue weighted by atomic mass is 16.1. The summed E-state index contributed by atoms with van der Waals surface area (Å²) in [6, 6.07) is 3.52. The lowest BCUT2D eigenvalue weighted by Crippen LogP contribution is -2.24. The first-order chi connectivity index (χ1) is 6.34. The SMILES string of the molecule is CCCCNC(=O)c1cccnc1. The Hall–Kier alpha value is -1.38. The van der Waals surface area contributed by atoms with E-state index in [1.807, 2.05) is 0 Å². The van der Waals surface area contributed by atoms with Crippen LogP contribution in [-0.4, -0.2) is 17.4 Å². The van der Waals surface area contributed by atoms with Crippen molar-refractivity contribution < 1.29 is 4.79 Å². The first-order valence-electron chi connectivity index (χ1n) is 4.53. The van der Waals surface area contributed by atoms with E-state index in [9.17, 15) is 4.79 Å². The molecule has 0 saturated carbocycles. The highest BCUT2D eigenvalue weighted by Crippen LogP contribution is 1.95. The van der Waals surface area contributed by atoms with Crippen molar-refractivity contribution in [3.63, 3.8) is 0 Å². The lowest BCUT2D eigenvalue weighted by molar-refractivity contribution is 0.0953. The Labute approximate surface area is 78.2 Å². The number of amides is 1. The zero-order chi connectivity index (χ0) is 9.52. The number of carbonyl (C=O) groups is 1. The highest BCUT2D eigenvalue weighted by molar-refractivity contribution is 5.93. The molecule has 0 aliphatic carbocycles. The van der Waals surface area contributed by atoms with Crippen LogP contribution in [0.3, 0.4) is 0 Å². The molecule has 1 aromatic heterocycles. The van der Waals surface area contributed by atoms with Crippen molar-refractivity contribution in [1.29, 1.82) is 0 Å². The second-order valence-corrected chi connectivity index (χ2v) is 2.85. The molecule has 1 rings (SSSR count). The van der Waals surface area contributed by atoms with Crippen molar-refractivity contribution in [2.45, 2.75) is 19.8 Å². The number of aromatic nitrogens is 1. The van der Waals surface area contributed by atoms with Crippen molar-refractivity contribution in [3.05, 3.63) is 30.1 Å². The summed E-state index contributed by atoms with van der Waals surface area (Å²) >= 11 is 0. The Kier molecular flexibility index (Phi) is 3.96. The molecule has 1 amide bonds. The maximum atomic E-state index is 11.4. The van der Waals surface area contributed by atoms with Crippen LogP contribution in [0.4, 0.5) is 0 Å². The fourth-order valence-corrected chi connectivity index (χ4v) is 0.978. The van der Waals surface area contributed by atoms with Crippen molar-refractivity contribution in [2.75, 3.05) is 6.54 Å². The van der Waals surface area contributed by atoms with Gasteiger partial charge in [-0.3, -0.25) is 9.78 Å². The van der Waals surface area contributed by atoms with Gasteiger partial charge in [-0.25, -0.2) is 0 Å². The summed E-state index contributed by atoms with van der Waals surface area (Å²) in [5.74, 6) is -0.0402. The van der Waals surface area contributed by atoms with Gasteiger partial charge in [-0.05, 0) is 18.6 Å². The van der Waals surface area contributed by atoms with Crippen molar-refractivity contribution in [2.24, 2.45) is 0 Å². The van der Waals surface area contributed by atoms with Crippen LogP contribution in [-0.2, 0) is 0 Å². The molecule has 0 aliphatic rings. The summed E-state index contributed by atoms with van der Waals surface area (Å²) < 4.78 is 0. The first-order valence-corrected chi connectivity index (χ1v) is 4.53. The van der Waals surface area contributed by atoms with Gasteiger partial charge in [-0.2, -0.15) is 0 Å². The molecular weight excluding hydrogens is 164 g/mol. The quantitative estimate of drug-likeness (QED) is 0.712. The van der Waals surface area contributed by atoms with Gasteiger partial charge in [0.05, 0.1) is 5.56 Å². The molecule has 3 nitrogen and oxygen atoms in total. The maximum Gasteiger partial charge on any atom is 0.252 e. The number of nitrogens with one attached hydrogen (secondary N) is 1. The lowest BCUT2D eigenvalue weighted by atomic mass is 10.2. The van der Waals surface area contributed by atoms with Gasteiger partial charge in [-0.1, -0.05) is 13.3 Å². The predicted molar refractivity (Wildman–Crippen MR) is 51.5 cm³/mol. The van der Waals surface area contributed by atoms with Crippen LogP contribution in [0.15, 0.2) is 24.5 Å². The second kappa shape index (κ2) is 5.30. The number of pyridine rings is 1. The van der Waals surface area contributed by atoms with Gasteiger partial charge in [0.15, 0.2) is 0 Å². The molecule has 1 heterocycles. The molecule has 0 fully saturated rings. The molecule has 0 spiro atoms. The fourth-order valence-electron chi connectivity index (χ4n) is 0.978. The third-order valence-corrected chi connectivity index (χ3v) is 1.74. The van der Waals surface area contributed by atoms with Gasteiger partial charge in [-0.15, -0.1) is 0 Å². The van der Waals surface area contributed by atoms with Gasteiger partial charge in [0, 0.05) is 18.9 Å². The number of hydrogen-bond acceptors (Lipinski definition) is 2. The summed E-state index contributed by atoms with van der Waals surface area (Å²) in [6.45, 7) is 2.83. The molecule has 0 aliphatic heterocycles. The number of hydrogen-bond donors (Lipinski definition) is 1. The minimum absolute atomic E-state index is 0.0402. The van der Waals surface area contributed by atoms with Crippen LogP contribution in [0.2, 0.25) is 0 Å². The fraction of sp³-hybridized carbons (Fsp3) is 0.400. The predicted octanol–water partition coefficient (Wildman–Crippen LogP) is 1.61. The molecule has 0 saturated heterocycles. The third kappa shape index (κ3) is 3.23. The topological polar surface area (TPSA) is 42.0 Å². The van der Waals surface area contributed by atoms with E-state index >= 15 is 0 Å². The van der Waals surface area contributed by atoms with Crippen LogP contribution in [0.5, 0.6) is 0 Å². The first kappa shape index (κ1) is 9.71. The summed E-state index contributed by atoms with van der Waals surface area (Å²) in [4.78, 5) is 15.2. The molecule has 13 heavy (non-hydrogen) atoms. The number of unbranched alkanes of at least 4 members (excludes halogenated alkanes) is 1. The standard InChI is InChI=1S/C10H14N2O/c1-2-3-7-12-10(13)9-5-4-6-11-8-9/h4-6,8H,2-3,7H2,1H3,(H,12,13). The Morgan fingerprint density at radius 3 is 3.08 bits per heavy atom. The molecule has 0 radical (unpaired) electrons. The molecule has 70 valence electrons.